The summed E-state index contributed by atoms with van der Waals surface area (Å²) in [5, 5.41) is 3.26. The standard InChI is InChI=1S/C17H13ClN2O2/c18-14-9-5-4-6-12(14)10-15-17(21)20-16(19-15)11-22-13-7-2-1-3-8-13/h1-10H,11H2,(H,19,20,21)/b15-10-. The van der Waals surface area contributed by atoms with Gasteiger partial charge in [-0.05, 0) is 29.8 Å². The number of aliphatic imine (C=N–C) groups is 1. The van der Waals surface area contributed by atoms with Crippen LogP contribution in [0.5, 0.6) is 5.75 Å². The molecule has 1 aliphatic rings. The summed E-state index contributed by atoms with van der Waals surface area (Å²) < 4.78 is 5.56. The Kier molecular flexibility index (Phi) is 4.21. The molecule has 0 radical (unpaired) electrons. The Balaban J connectivity index is 1.73. The van der Waals surface area contributed by atoms with Crippen molar-refractivity contribution in [2.45, 2.75) is 0 Å². The van der Waals surface area contributed by atoms with E-state index in [1.165, 1.54) is 0 Å². The minimum absolute atomic E-state index is 0.204. The summed E-state index contributed by atoms with van der Waals surface area (Å²) in [6.07, 6.45) is 1.66. The summed E-state index contributed by atoms with van der Waals surface area (Å²) in [5.41, 5.74) is 1.07. The second-order valence-corrected chi connectivity index (χ2v) is 5.07. The van der Waals surface area contributed by atoms with Gasteiger partial charge in [-0.25, -0.2) is 4.99 Å². The quantitative estimate of drug-likeness (QED) is 0.881. The van der Waals surface area contributed by atoms with Gasteiger partial charge in [-0.2, -0.15) is 0 Å². The summed E-state index contributed by atoms with van der Waals surface area (Å²) in [6, 6.07) is 16.7. The van der Waals surface area contributed by atoms with Crippen LogP contribution in [-0.2, 0) is 4.79 Å². The van der Waals surface area contributed by atoms with E-state index in [0.29, 0.717) is 16.6 Å². The van der Waals surface area contributed by atoms with Crippen molar-refractivity contribution in [2.75, 3.05) is 6.61 Å². The smallest absolute Gasteiger partial charge is 0.275 e. The fraction of sp³-hybridized carbons (Fsp3) is 0.0588. The highest BCUT2D eigenvalue weighted by atomic mass is 35.5. The zero-order chi connectivity index (χ0) is 15.4. The third-order valence-corrected chi connectivity index (χ3v) is 3.41. The first kappa shape index (κ1) is 14.4. The molecule has 5 heteroatoms. The second-order valence-electron chi connectivity index (χ2n) is 4.67. The van der Waals surface area contributed by atoms with E-state index in [-0.39, 0.29) is 12.5 Å². The van der Waals surface area contributed by atoms with Crippen molar-refractivity contribution in [3.8, 4) is 5.75 Å². The summed E-state index contributed by atoms with van der Waals surface area (Å²) in [6.45, 7) is 0.204. The fourth-order valence-electron chi connectivity index (χ4n) is 1.99. The van der Waals surface area contributed by atoms with Crippen molar-refractivity contribution in [3.63, 3.8) is 0 Å². The van der Waals surface area contributed by atoms with E-state index in [2.05, 4.69) is 10.3 Å². The molecule has 1 N–H and O–H groups in total. The molecule has 2 aromatic rings. The number of amidine groups is 1. The summed E-state index contributed by atoms with van der Waals surface area (Å²) >= 11 is 6.08. The summed E-state index contributed by atoms with van der Waals surface area (Å²) in [7, 11) is 0. The van der Waals surface area contributed by atoms with Crippen LogP contribution in [0.4, 0.5) is 0 Å². The molecule has 0 unspecified atom stereocenters. The van der Waals surface area contributed by atoms with E-state index in [9.17, 15) is 4.79 Å². The van der Waals surface area contributed by atoms with Gasteiger partial charge in [0.15, 0.2) is 0 Å². The van der Waals surface area contributed by atoms with E-state index < -0.39 is 0 Å². The molecule has 0 bridgehead atoms. The zero-order valence-corrected chi connectivity index (χ0v) is 12.4. The normalized spacial score (nSPS) is 15.6. The van der Waals surface area contributed by atoms with Crippen LogP contribution in [-0.4, -0.2) is 18.3 Å². The number of hydrogen-bond acceptors (Lipinski definition) is 3. The van der Waals surface area contributed by atoms with E-state index >= 15 is 0 Å². The van der Waals surface area contributed by atoms with Crippen LogP contribution < -0.4 is 10.1 Å². The number of rotatable bonds is 4. The zero-order valence-electron chi connectivity index (χ0n) is 11.6. The predicted molar refractivity (Wildman–Crippen MR) is 86.9 cm³/mol. The summed E-state index contributed by atoms with van der Waals surface area (Å²) in [4.78, 5) is 16.2. The molecule has 0 atom stereocenters. The molecule has 4 nitrogen and oxygen atoms in total. The molecule has 1 heterocycles. The maximum atomic E-state index is 11.9. The highest BCUT2D eigenvalue weighted by Crippen LogP contribution is 2.20. The number of carbonyl (C=O) groups excluding carboxylic acids is 1. The van der Waals surface area contributed by atoms with Gasteiger partial charge in [0.1, 0.15) is 23.9 Å². The largest absolute Gasteiger partial charge is 0.486 e. The molecule has 0 saturated heterocycles. The first-order valence-electron chi connectivity index (χ1n) is 6.75. The lowest BCUT2D eigenvalue weighted by Gasteiger charge is -2.04. The predicted octanol–water partition coefficient (Wildman–Crippen LogP) is 3.29. The molecule has 0 saturated carbocycles. The lowest BCUT2D eigenvalue weighted by molar-refractivity contribution is -0.115. The number of hydrogen-bond donors (Lipinski definition) is 1. The van der Waals surface area contributed by atoms with Crippen LogP contribution in [0.1, 0.15) is 5.56 Å². The maximum Gasteiger partial charge on any atom is 0.275 e. The van der Waals surface area contributed by atoms with Gasteiger partial charge in [0.25, 0.3) is 5.91 Å². The highest BCUT2D eigenvalue weighted by Gasteiger charge is 2.20. The molecule has 0 aliphatic carbocycles. The third-order valence-electron chi connectivity index (χ3n) is 3.06. The van der Waals surface area contributed by atoms with Gasteiger partial charge in [0, 0.05) is 5.02 Å². The Hall–Kier alpha value is -2.59. The van der Waals surface area contributed by atoms with Crippen LogP contribution in [0, 0.1) is 0 Å². The number of carbonyl (C=O) groups is 1. The Morgan fingerprint density at radius 3 is 2.59 bits per heavy atom. The van der Waals surface area contributed by atoms with E-state index in [1.807, 2.05) is 48.5 Å². The monoisotopic (exact) mass is 312 g/mol. The molecule has 0 fully saturated rings. The van der Waals surface area contributed by atoms with Gasteiger partial charge in [-0.15, -0.1) is 0 Å². The summed E-state index contributed by atoms with van der Waals surface area (Å²) in [5.74, 6) is 0.946. The van der Waals surface area contributed by atoms with Gasteiger partial charge in [-0.3, -0.25) is 4.79 Å². The molecular formula is C17H13ClN2O2. The minimum atomic E-state index is -0.258. The van der Waals surface area contributed by atoms with E-state index in [1.54, 1.807) is 12.1 Å². The number of ether oxygens (including phenoxy) is 1. The lowest BCUT2D eigenvalue weighted by Crippen LogP contribution is -2.28. The van der Waals surface area contributed by atoms with Gasteiger partial charge in [-0.1, -0.05) is 48.0 Å². The molecular weight excluding hydrogens is 300 g/mol. The number of nitrogens with zero attached hydrogens (tertiary/aromatic N) is 1. The lowest BCUT2D eigenvalue weighted by atomic mass is 10.2. The van der Waals surface area contributed by atoms with E-state index in [0.717, 1.165) is 11.3 Å². The van der Waals surface area contributed by atoms with Crippen molar-refractivity contribution >= 4 is 29.4 Å². The molecule has 0 aromatic heterocycles. The van der Waals surface area contributed by atoms with Crippen molar-refractivity contribution in [2.24, 2.45) is 4.99 Å². The molecule has 3 rings (SSSR count). The molecule has 1 amide bonds. The minimum Gasteiger partial charge on any atom is -0.486 e. The van der Waals surface area contributed by atoms with Crippen LogP contribution >= 0.6 is 11.6 Å². The number of nitrogens with one attached hydrogen (secondary N) is 1. The van der Waals surface area contributed by atoms with Crippen molar-refractivity contribution in [3.05, 3.63) is 70.9 Å². The Labute approximate surface area is 133 Å². The molecule has 2 aromatic carbocycles. The number of benzene rings is 2. The van der Waals surface area contributed by atoms with Crippen LogP contribution in [0.25, 0.3) is 6.08 Å². The van der Waals surface area contributed by atoms with E-state index in [4.69, 9.17) is 16.3 Å². The number of halogens is 1. The SMILES string of the molecule is O=C1NC(COc2ccccc2)=N/C1=C\c1ccccc1Cl. The average Bonchev–Trinajstić information content (AvgIpc) is 2.89. The fourth-order valence-corrected chi connectivity index (χ4v) is 2.18. The molecule has 0 spiro atoms. The van der Waals surface area contributed by atoms with Crippen LogP contribution in [0.3, 0.4) is 0 Å². The molecule has 1 aliphatic heterocycles. The number of amides is 1. The topological polar surface area (TPSA) is 50.7 Å². The van der Waals surface area contributed by atoms with Crippen molar-refractivity contribution in [1.29, 1.82) is 0 Å². The second kappa shape index (κ2) is 6.45. The first-order chi connectivity index (χ1) is 10.7. The Bertz CT molecular complexity index is 754. The van der Waals surface area contributed by atoms with Gasteiger partial charge < -0.3 is 10.1 Å². The van der Waals surface area contributed by atoms with Gasteiger partial charge in [0.2, 0.25) is 0 Å². The van der Waals surface area contributed by atoms with Gasteiger partial charge in [0.05, 0.1) is 0 Å². The van der Waals surface area contributed by atoms with Gasteiger partial charge >= 0.3 is 0 Å². The molecule has 110 valence electrons. The third kappa shape index (κ3) is 3.35. The first-order valence-corrected chi connectivity index (χ1v) is 7.13. The van der Waals surface area contributed by atoms with Crippen LogP contribution in [0.2, 0.25) is 5.02 Å². The van der Waals surface area contributed by atoms with Crippen LogP contribution in [0.15, 0.2) is 65.3 Å². The average molecular weight is 313 g/mol. The Morgan fingerprint density at radius 1 is 1.09 bits per heavy atom. The molecule has 22 heavy (non-hydrogen) atoms. The van der Waals surface area contributed by atoms with Crippen molar-refractivity contribution < 1.29 is 9.53 Å². The Morgan fingerprint density at radius 2 is 1.82 bits per heavy atom. The highest BCUT2D eigenvalue weighted by molar-refractivity contribution is 6.32. The maximum absolute atomic E-state index is 11.9. The number of para-hydroxylation sites is 1. The van der Waals surface area contributed by atoms with Crippen molar-refractivity contribution in [1.82, 2.24) is 5.32 Å².